The SMILES string of the molecule is O=C(C[C@@H]1S/C(=N\N=C/c2ccc(-c3ccc(Cl)c(Cl)c3)o2)NC1=O)Nc1ccccc1. The summed E-state index contributed by atoms with van der Waals surface area (Å²) < 4.78 is 5.71. The summed E-state index contributed by atoms with van der Waals surface area (Å²) in [6, 6.07) is 17.8. The molecule has 1 aliphatic rings. The molecule has 7 nitrogen and oxygen atoms in total. The number of carbonyl (C=O) groups is 2. The lowest BCUT2D eigenvalue weighted by Gasteiger charge is -2.06. The molecule has 0 spiro atoms. The smallest absolute Gasteiger partial charge is 0.240 e. The maximum absolute atomic E-state index is 12.2. The van der Waals surface area contributed by atoms with Gasteiger partial charge in [-0.25, -0.2) is 0 Å². The van der Waals surface area contributed by atoms with Gasteiger partial charge in [-0.2, -0.15) is 5.10 Å². The lowest BCUT2D eigenvalue weighted by molar-refractivity contribution is -0.122. The van der Waals surface area contributed by atoms with Crippen LogP contribution in [0.25, 0.3) is 11.3 Å². The summed E-state index contributed by atoms with van der Waals surface area (Å²) >= 11 is 13.1. The van der Waals surface area contributed by atoms with Gasteiger partial charge >= 0.3 is 0 Å². The van der Waals surface area contributed by atoms with E-state index in [4.69, 9.17) is 27.6 Å². The van der Waals surface area contributed by atoms with Crippen molar-refractivity contribution in [1.29, 1.82) is 0 Å². The Bertz CT molecular complexity index is 1210. The van der Waals surface area contributed by atoms with Gasteiger partial charge in [0.1, 0.15) is 16.8 Å². The van der Waals surface area contributed by atoms with Crippen molar-refractivity contribution in [2.75, 3.05) is 5.32 Å². The van der Waals surface area contributed by atoms with Crippen LogP contribution in [-0.4, -0.2) is 28.4 Å². The van der Waals surface area contributed by atoms with Crippen molar-refractivity contribution in [2.24, 2.45) is 10.2 Å². The second kappa shape index (κ2) is 10.0. The number of hydrogen-bond donors (Lipinski definition) is 2. The Morgan fingerprint density at radius 1 is 1.12 bits per heavy atom. The number of para-hydroxylation sites is 1. The summed E-state index contributed by atoms with van der Waals surface area (Å²) in [5, 5.41) is 14.0. The van der Waals surface area contributed by atoms with Gasteiger partial charge in [0, 0.05) is 17.7 Å². The molecule has 1 aliphatic heterocycles. The van der Waals surface area contributed by atoms with E-state index in [-0.39, 0.29) is 18.2 Å². The summed E-state index contributed by atoms with van der Waals surface area (Å²) in [5.41, 5.74) is 1.46. The average molecular weight is 487 g/mol. The Morgan fingerprint density at radius 2 is 1.94 bits per heavy atom. The molecule has 162 valence electrons. The number of hydrogen-bond acceptors (Lipinski definition) is 6. The predicted molar refractivity (Wildman–Crippen MR) is 128 cm³/mol. The maximum Gasteiger partial charge on any atom is 0.240 e. The molecule has 32 heavy (non-hydrogen) atoms. The highest BCUT2D eigenvalue weighted by atomic mass is 35.5. The average Bonchev–Trinajstić information content (AvgIpc) is 3.38. The zero-order valence-electron chi connectivity index (χ0n) is 16.4. The van der Waals surface area contributed by atoms with E-state index >= 15 is 0 Å². The molecule has 2 heterocycles. The van der Waals surface area contributed by atoms with E-state index in [0.29, 0.717) is 32.4 Å². The summed E-state index contributed by atoms with van der Waals surface area (Å²) in [6.45, 7) is 0. The van der Waals surface area contributed by atoms with E-state index < -0.39 is 5.25 Å². The highest BCUT2D eigenvalue weighted by Gasteiger charge is 2.32. The predicted octanol–water partition coefficient (Wildman–Crippen LogP) is 5.20. The molecular weight excluding hydrogens is 471 g/mol. The Morgan fingerprint density at radius 3 is 2.72 bits per heavy atom. The second-order valence-corrected chi connectivity index (χ2v) is 8.70. The molecule has 1 saturated heterocycles. The highest BCUT2D eigenvalue weighted by molar-refractivity contribution is 8.15. The van der Waals surface area contributed by atoms with Crippen molar-refractivity contribution in [3.8, 4) is 11.3 Å². The van der Waals surface area contributed by atoms with E-state index in [1.165, 1.54) is 6.21 Å². The number of furan rings is 1. The molecule has 2 amide bonds. The molecule has 1 aromatic heterocycles. The number of halogens is 2. The number of nitrogens with one attached hydrogen (secondary N) is 2. The van der Waals surface area contributed by atoms with E-state index in [1.807, 2.05) is 18.2 Å². The fourth-order valence-corrected chi connectivity index (χ4v) is 4.08. The summed E-state index contributed by atoms with van der Waals surface area (Å²) in [4.78, 5) is 24.3. The molecular formula is C22H16Cl2N4O3S. The molecule has 2 N–H and O–H groups in total. The van der Waals surface area contributed by atoms with Crippen molar-refractivity contribution < 1.29 is 14.0 Å². The zero-order valence-corrected chi connectivity index (χ0v) is 18.7. The van der Waals surface area contributed by atoms with Crippen LogP contribution in [0.15, 0.2) is 75.3 Å². The van der Waals surface area contributed by atoms with E-state index in [0.717, 1.165) is 17.3 Å². The number of rotatable bonds is 6. The van der Waals surface area contributed by atoms with Gasteiger partial charge in [-0.3, -0.25) is 9.59 Å². The van der Waals surface area contributed by atoms with Crippen LogP contribution in [0.4, 0.5) is 5.69 Å². The monoisotopic (exact) mass is 486 g/mol. The van der Waals surface area contributed by atoms with E-state index in [9.17, 15) is 9.59 Å². The minimum Gasteiger partial charge on any atom is -0.455 e. The van der Waals surface area contributed by atoms with Crippen LogP contribution < -0.4 is 10.6 Å². The van der Waals surface area contributed by atoms with Gasteiger partial charge in [-0.05, 0) is 42.5 Å². The number of amides is 2. The molecule has 0 bridgehead atoms. The minimum atomic E-state index is -0.572. The number of nitrogens with zero attached hydrogens (tertiary/aromatic N) is 2. The number of amidine groups is 1. The van der Waals surface area contributed by atoms with Gasteiger partial charge in [0.15, 0.2) is 5.17 Å². The Kier molecular flexibility index (Phi) is 6.94. The molecule has 3 aromatic rings. The topological polar surface area (TPSA) is 96.1 Å². The van der Waals surface area contributed by atoms with Gasteiger partial charge in [-0.15, -0.1) is 5.10 Å². The molecule has 0 aliphatic carbocycles. The van der Waals surface area contributed by atoms with E-state index in [1.54, 1.807) is 42.5 Å². The van der Waals surface area contributed by atoms with Crippen molar-refractivity contribution in [2.45, 2.75) is 11.7 Å². The fraction of sp³-hybridized carbons (Fsp3) is 0.0909. The third-order valence-electron chi connectivity index (χ3n) is 4.37. The first kappa shape index (κ1) is 22.1. The van der Waals surface area contributed by atoms with Gasteiger partial charge in [-0.1, -0.05) is 53.2 Å². The van der Waals surface area contributed by atoms with Crippen LogP contribution in [0, 0.1) is 0 Å². The molecule has 0 saturated carbocycles. The lowest BCUT2D eigenvalue weighted by Crippen LogP contribution is -2.28. The van der Waals surface area contributed by atoms with Gasteiger partial charge < -0.3 is 15.1 Å². The first-order valence-electron chi connectivity index (χ1n) is 9.46. The third kappa shape index (κ3) is 5.59. The molecule has 1 atom stereocenters. The van der Waals surface area contributed by atoms with Crippen LogP contribution in [0.1, 0.15) is 12.2 Å². The van der Waals surface area contributed by atoms with Gasteiger partial charge in [0.05, 0.1) is 16.3 Å². The molecule has 2 aromatic carbocycles. The van der Waals surface area contributed by atoms with Gasteiger partial charge in [0.2, 0.25) is 11.8 Å². The first-order valence-corrected chi connectivity index (χ1v) is 11.1. The third-order valence-corrected chi connectivity index (χ3v) is 6.18. The number of thioether (sulfide) groups is 1. The normalized spacial score (nSPS) is 17.1. The number of benzene rings is 2. The number of carbonyl (C=O) groups excluding carboxylic acids is 2. The molecule has 10 heteroatoms. The van der Waals surface area contributed by atoms with Crippen LogP contribution >= 0.6 is 35.0 Å². The standard InChI is InChI=1S/C22H16Cl2N4O3S/c23-16-8-6-13(10-17(16)24)18-9-7-15(31-18)12-25-28-22-27-21(30)19(32-22)11-20(29)26-14-4-2-1-3-5-14/h1-10,12,19H,11H2,(H,26,29)(H,27,28,30)/b25-12-/t19-/m0/s1. The van der Waals surface area contributed by atoms with E-state index in [2.05, 4.69) is 20.8 Å². The Hall–Kier alpha value is -3.07. The molecule has 1 fully saturated rings. The lowest BCUT2D eigenvalue weighted by atomic mass is 10.2. The first-order chi connectivity index (χ1) is 15.5. The molecule has 0 radical (unpaired) electrons. The fourth-order valence-electron chi connectivity index (χ4n) is 2.85. The van der Waals surface area contributed by atoms with Crippen molar-refractivity contribution in [3.05, 3.63) is 76.5 Å². The Labute approximate surface area is 197 Å². The van der Waals surface area contributed by atoms with Crippen LogP contribution in [0.5, 0.6) is 0 Å². The maximum atomic E-state index is 12.2. The van der Waals surface area contributed by atoms with Crippen LogP contribution in [0.2, 0.25) is 10.0 Å². The summed E-state index contributed by atoms with van der Waals surface area (Å²) in [5.74, 6) is 0.542. The summed E-state index contributed by atoms with van der Waals surface area (Å²) in [7, 11) is 0. The minimum absolute atomic E-state index is 0.0271. The van der Waals surface area contributed by atoms with Crippen molar-refractivity contribution in [3.63, 3.8) is 0 Å². The van der Waals surface area contributed by atoms with Gasteiger partial charge in [0.25, 0.3) is 0 Å². The molecule has 4 rings (SSSR count). The van der Waals surface area contributed by atoms with Crippen molar-refractivity contribution in [1.82, 2.24) is 5.32 Å². The quantitative estimate of drug-likeness (QED) is 0.369. The molecule has 0 unspecified atom stereocenters. The Balaban J connectivity index is 1.34. The number of anilines is 1. The largest absolute Gasteiger partial charge is 0.455 e. The van der Waals surface area contributed by atoms with Crippen molar-refractivity contribution >= 4 is 63.8 Å². The second-order valence-electron chi connectivity index (χ2n) is 6.69. The van der Waals surface area contributed by atoms with Crippen LogP contribution in [-0.2, 0) is 9.59 Å². The summed E-state index contributed by atoms with van der Waals surface area (Å²) in [6.07, 6.45) is 1.45. The van der Waals surface area contributed by atoms with Crippen LogP contribution in [0.3, 0.4) is 0 Å². The zero-order chi connectivity index (χ0) is 22.5. The highest BCUT2D eigenvalue weighted by Crippen LogP contribution is 2.29.